The number of likely N-dealkylation sites (N-methyl/N-ethyl adjacent to an activating group) is 1. The van der Waals surface area contributed by atoms with Gasteiger partial charge in [0, 0.05) is 24.7 Å². The van der Waals surface area contributed by atoms with Gasteiger partial charge in [-0.3, -0.25) is 13.9 Å². The molecule has 208 valence electrons. The Morgan fingerprint density at radius 1 is 0.949 bits per heavy atom. The summed E-state index contributed by atoms with van der Waals surface area (Å²) in [7, 11) is -1.49. The van der Waals surface area contributed by atoms with Crippen LogP contribution in [0.4, 0.5) is 10.1 Å². The summed E-state index contributed by atoms with van der Waals surface area (Å²) in [4.78, 5) is 27.5. The molecule has 0 aliphatic rings. The number of nitrogens with zero attached hydrogens (tertiary/aromatic N) is 2. The number of methoxy groups -OCH3 is 2. The van der Waals surface area contributed by atoms with Crippen molar-refractivity contribution in [2.24, 2.45) is 0 Å². The molecular weight excluding hydrogens is 525 g/mol. The van der Waals surface area contributed by atoms with Gasteiger partial charge in [0.25, 0.3) is 10.0 Å². The summed E-state index contributed by atoms with van der Waals surface area (Å²) in [5.74, 6) is -1.15. The van der Waals surface area contributed by atoms with Crippen molar-refractivity contribution in [2.75, 3.05) is 31.6 Å². The minimum Gasteiger partial charge on any atom is -0.493 e. The number of sulfonamides is 1. The van der Waals surface area contributed by atoms with Gasteiger partial charge in [-0.25, -0.2) is 12.8 Å². The molecule has 3 aromatic rings. The van der Waals surface area contributed by atoms with Gasteiger partial charge in [-0.05, 0) is 44.2 Å². The number of ether oxygens (including phenoxy) is 2. The van der Waals surface area contributed by atoms with Gasteiger partial charge in [0.05, 0.1) is 24.8 Å². The summed E-state index contributed by atoms with van der Waals surface area (Å²) < 4.78 is 53.8. The zero-order valence-electron chi connectivity index (χ0n) is 22.3. The first kappa shape index (κ1) is 29.4. The number of hydrogen-bond acceptors (Lipinski definition) is 6. The predicted octanol–water partition coefficient (Wildman–Crippen LogP) is 3.59. The minimum atomic E-state index is -4.30. The summed E-state index contributed by atoms with van der Waals surface area (Å²) in [6.07, 6.45) is 0. The van der Waals surface area contributed by atoms with Crippen LogP contribution < -0.4 is 19.1 Å². The number of hydrogen-bond donors (Lipinski definition) is 1. The summed E-state index contributed by atoms with van der Waals surface area (Å²) in [6.45, 7) is 2.70. The van der Waals surface area contributed by atoms with E-state index in [4.69, 9.17) is 9.47 Å². The van der Waals surface area contributed by atoms with Gasteiger partial charge >= 0.3 is 0 Å². The number of carbonyl (C=O) groups excluding carboxylic acids is 2. The maximum Gasteiger partial charge on any atom is 0.264 e. The Kier molecular flexibility index (Phi) is 9.89. The van der Waals surface area contributed by atoms with Crippen molar-refractivity contribution in [3.8, 4) is 11.5 Å². The van der Waals surface area contributed by atoms with Crippen LogP contribution in [0, 0.1) is 5.82 Å². The molecular formula is C28H32FN3O6S. The van der Waals surface area contributed by atoms with E-state index in [2.05, 4.69) is 5.32 Å². The predicted molar refractivity (Wildman–Crippen MR) is 146 cm³/mol. The molecule has 0 bridgehead atoms. The van der Waals surface area contributed by atoms with Gasteiger partial charge in [0.1, 0.15) is 18.4 Å². The maximum absolute atomic E-state index is 14.5. The van der Waals surface area contributed by atoms with E-state index in [1.54, 1.807) is 43.3 Å². The highest BCUT2D eigenvalue weighted by molar-refractivity contribution is 7.92. The van der Waals surface area contributed by atoms with Crippen molar-refractivity contribution < 1.29 is 31.9 Å². The van der Waals surface area contributed by atoms with Crippen LogP contribution in [-0.4, -0.2) is 58.5 Å². The van der Waals surface area contributed by atoms with Gasteiger partial charge in [-0.15, -0.1) is 0 Å². The molecule has 2 amide bonds. The Morgan fingerprint density at radius 2 is 1.59 bits per heavy atom. The van der Waals surface area contributed by atoms with Gasteiger partial charge in [-0.2, -0.15) is 0 Å². The Labute approximate surface area is 228 Å². The fourth-order valence-electron chi connectivity index (χ4n) is 3.94. The van der Waals surface area contributed by atoms with E-state index in [0.29, 0.717) is 12.3 Å². The SMILES string of the molecule is CCNC(=O)[C@H](C)N(Cc1ccccc1F)C(=O)CN(c1ccccc1)S(=O)(=O)c1ccc(OC)c(OC)c1. The fraction of sp³-hybridized carbons (Fsp3) is 0.286. The van der Waals surface area contributed by atoms with Crippen LogP contribution in [0.15, 0.2) is 77.7 Å². The fourth-order valence-corrected chi connectivity index (χ4v) is 5.37. The maximum atomic E-state index is 14.5. The summed E-state index contributed by atoms with van der Waals surface area (Å²) in [5.41, 5.74) is 0.424. The molecule has 0 spiro atoms. The van der Waals surface area contributed by atoms with Crippen molar-refractivity contribution in [3.05, 3.63) is 84.2 Å². The Bertz CT molecular complexity index is 1400. The Hall–Kier alpha value is -4.12. The first-order valence-corrected chi connectivity index (χ1v) is 13.7. The molecule has 11 heteroatoms. The third-order valence-electron chi connectivity index (χ3n) is 6.08. The summed E-state index contributed by atoms with van der Waals surface area (Å²) in [6, 6.07) is 17.1. The summed E-state index contributed by atoms with van der Waals surface area (Å²) in [5, 5.41) is 2.66. The number of para-hydroxylation sites is 1. The van der Waals surface area contributed by atoms with E-state index in [0.717, 1.165) is 4.31 Å². The van der Waals surface area contributed by atoms with E-state index in [9.17, 15) is 22.4 Å². The number of benzene rings is 3. The number of rotatable bonds is 12. The van der Waals surface area contributed by atoms with Crippen LogP contribution in [-0.2, 0) is 26.2 Å². The molecule has 0 aromatic heterocycles. The van der Waals surface area contributed by atoms with Gasteiger partial charge in [0.2, 0.25) is 11.8 Å². The van der Waals surface area contributed by atoms with Crippen LogP contribution in [0.1, 0.15) is 19.4 Å². The van der Waals surface area contributed by atoms with Crippen LogP contribution >= 0.6 is 0 Å². The molecule has 3 rings (SSSR count). The molecule has 0 saturated carbocycles. The average molecular weight is 558 g/mol. The van der Waals surface area contributed by atoms with Gasteiger partial charge < -0.3 is 19.7 Å². The molecule has 0 fully saturated rings. The quantitative estimate of drug-likeness (QED) is 0.365. The van der Waals surface area contributed by atoms with E-state index in [1.807, 2.05) is 0 Å². The van der Waals surface area contributed by atoms with Crippen molar-refractivity contribution in [3.63, 3.8) is 0 Å². The van der Waals surface area contributed by atoms with Gasteiger partial charge in [0.15, 0.2) is 11.5 Å². The molecule has 1 atom stereocenters. The highest BCUT2D eigenvalue weighted by Crippen LogP contribution is 2.32. The highest BCUT2D eigenvalue weighted by Gasteiger charge is 2.33. The number of amides is 2. The monoisotopic (exact) mass is 557 g/mol. The largest absolute Gasteiger partial charge is 0.493 e. The highest BCUT2D eigenvalue weighted by atomic mass is 32.2. The van der Waals surface area contributed by atoms with Crippen LogP contribution in [0.5, 0.6) is 11.5 Å². The Morgan fingerprint density at radius 3 is 2.21 bits per heavy atom. The van der Waals surface area contributed by atoms with Crippen molar-refractivity contribution in [1.82, 2.24) is 10.2 Å². The zero-order valence-corrected chi connectivity index (χ0v) is 23.1. The number of carbonyl (C=O) groups is 2. The van der Waals surface area contributed by atoms with E-state index < -0.39 is 40.2 Å². The van der Waals surface area contributed by atoms with Crippen LogP contribution in [0.3, 0.4) is 0 Å². The average Bonchev–Trinajstić information content (AvgIpc) is 2.95. The van der Waals surface area contributed by atoms with Gasteiger partial charge in [-0.1, -0.05) is 36.4 Å². The van der Waals surface area contributed by atoms with Crippen LogP contribution in [0.2, 0.25) is 0 Å². The van der Waals surface area contributed by atoms with Crippen molar-refractivity contribution >= 4 is 27.5 Å². The zero-order chi connectivity index (χ0) is 28.6. The number of halogens is 1. The van der Waals surface area contributed by atoms with Crippen molar-refractivity contribution in [1.29, 1.82) is 0 Å². The molecule has 1 N–H and O–H groups in total. The smallest absolute Gasteiger partial charge is 0.264 e. The lowest BCUT2D eigenvalue weighted by Gasteiger charge is -2.32. The van der Waals surface area contributed by atoms with Crippen LogP contribution in [0.25, 0.3) is 0 Å². The molecule has 3 aromatic carbocycles. The molecule has 9 nitrogen and oxygen atoms in total. The second-order valence-corrected chi connectivity index (χ2v) is 10.4. The topological polar surface area (TPSA) is 105 Å². The molecule has 0 radical (unpaired) electrons. The van der Waals surface area contributed by atoms with Crippen molar-refractivity contribution in [2.45, 2.75) is 31.3 Å². The normalized spacial score (nSPS) is 11.8. The second kappa shape index (κ2) is 13.1. The van der Waals surface area contributed by atoms with E-state index in [-0.39, 0.29) is 28.4 Å². The molecule has 0 heterocycles. The lowest BCUT2D eigenvalue weighted by molar-refractivity contribution is -0.139. The molecule has 0 unspecified atom stereocenters. The van der Waals surface area contributed by atoms with E-state index >= 15 is 0 Å². The second-order valence-electron chi connectivity index (χ2n) is 8.55. The third kappa shape index (κ3) is 6.85. The molecule has 0 aliphatic carbocycles. The first-order valence-electron chi connectivity index (χ1n) is 12.2. The lowest BCUT2D eigenvalue weighted by Crippen LogP contribution is -2.51. The number of nitrogens with one attached hydrogen (secondary N) is 1. The number of anilines is 1. The third-order valence-corrected chi connectivity index (χ3v) is 7.85. The Balaban J connectivity index is 2.05. The van der Waals surface area contributed by atoms with E-state index in [1.165, 1.54) is 62.4 Å². The molecule has 0 aliphatic heterocycles. The first-order chi connectivity index (χ1) is 18.6. The summed E-state index contributed by atoms with van der Waals surface area (Å²) >= 11 is 0. The minimum absolute atomic E-state index is 0.130. The molecule has 39 heavy (non-hydrogen) atoms. The lowest BCUT2D eigenvalue weighted by atomic mass is 10.1. The standard InChI is InChI=1S/C28H32FN3O6S/c1-5-30-28(34)20(2)31(18-21-11-9-10-14-24(21)29)27(33)19-32(22-12-7-6-8-13-22)39(35,36)23-15-16-25(37-3)26(17-23)38-4/h6-17,20H,5,18-19H2,1-4H3,(H,30,34)/t20-/m0/s1. The molecule has 0 saturated heterocycles.